The SMILES string of the molecule is CC1CNNC1C1CCCN1Cc1ccccc1F. The minimum atomic E-state index is -0.0845. The second-order valence-electron chi connectivity index (χ2n) is 5.80. The number of nitrogens with one attached hydrogen (secondary N) is 2. The van der Waals surface area contributed by atoms with E-state index in [1.54, 1.807) is 12.1 Å². The predicted molar refractivity (Wildman–Crippen MR) is 73.9 cm³/mol. The van der Waals surface area contributed by atoms with Crippen LogP contribution in [0.25, 0.3) is 0 Å². The molecule has 0 radical (unpaired) electrons. The summed E-state index contributed by atoms with van der Waals surface area (Å²) in [5, 5.41) is 0. The summed E-state index contributed by atoms with van der Waals surface area (Å²) in [6, 6.07) is 8.12. The molecule has 104 valence electrons. The Labute approximate surface area is 114 Å². The van der Waals surface area contributed by atoms with E-state index < -0.39 is 0 Å². The average molecular weight is 263 g/mol. The Balaban J connectivity index is 1.71. The zero-order valence-electron chi connectivity index (χ0n) is 11.4. The van der Waals surface area contributed by atoms with Crippen LogP contribution in [-0.2, 0) is 6.54 Å². The maximum atomic E-state index is 13.8. The van der Waals surface area contributed by atoms with Crippen molar-refractivity contribution in [2.45, 2.75) is 38.4 Å². The first-order valence-corrected chi connectivity index (χ1v) is 7.21. The van der Waals surface area contributed by atoms with E-state index in [0.717, 1.165) is 25.2 Å². The highest BCUT2D eigenvalue weighted by Crippen LogP contribution is 2.27. The molecule has 0 bridgehead atoms. The Morgan fingerprint density at radius 3 is 2.95 bits per heavy atom. The highest BCUT2D eigenvalue weighted by Gasteiger charge is 2.37. The molecule has 2 aliphatic rings. The van der Waals surface area contributed by atoms with Crippen LogP contribution in [0.1, 0.15) is 25.3 Å². The highest BCUT2D eigenvalue weighted by atomic mass is 19.1. The second-order valence-corrected chi connectivity index (χ2v) is 5.80. The monoisotopic (exact) mass is 263 g/mol. The lowest BCUT2D eigenvalue weighted by atomic mass is 9.95. The van der Waals surface area contributed by atoms with Crippen molar-refractivity contribution in [1.29, 1.82) is 0 Å². The van der Waals surface area contributed by atoms with E-state index >= 15 is 0 Å². The Morgan fingerprint density at radius 1 is 1.37 bits per heavy atom. The van der Waals surface area contributed by atoms with Gasteiger partial charge in [-0.15, -0.1) is 0 Å². The summed E-state index contributed by atoms with van der Waals surface area (Å²) in [6.45, 7) is 5.10. The van der Waals surface area contributed by atoms with Crippen molar-refractivity contribution in [3.05, 3.63) is 35.6 Å². The third kappa shape index (κ3) is 2.66. The van der Waals surface area contributed by atoms with Gasteiger partial charge in [-0.2, -0.15) is 0 Å². The van der Waals surface area contributed by atoms with Gasteiger partial charge < -0.3 is 0 Å². The van der Waals surface area contributed by atoms with E-state index in [0.29, 0.717) is 18.0 Å². The lowest BCUT2D eigenvalue weighted by molar-refractivity contribution is 0.185. The van der Waals surface area contributed by atoms with Crippen molar-refractivity contribution in [3.8, 4) is 0 Å². The van der Waals surface area contributed by atoms with Crippen molar-refractivity contribution in [2.75, 3.05) is 13.1 Å². The van der Waals surface area contributed by atoms with E-state index in [-0.39, 0.29) is 5.82 Å². The lowest BCUT2D eigenvalue weighted by Gasteiger charge is -2.31. The Bertz CT molecular complexity index is 437. The molecule has 0 saturated carbocycles. The molecule has 1 aromatic carbocycles. The molecule has 3 nitrogen and oxygen atoms in total. The molecule has 2 fully saturated rings. The molecule has 0 amide bonds. The van der Waals surface area contributed by atoms with Gasteiger partial charge in [0.15, 0.2) is 0 Å². The number of halogens is 1. The van der Waals surface area contributed by atoms with E-state index in [2.05, 4.69) is 22.7 Å². The molecule has 1 aromatic rings. The third-order valence-corrected chi connectivity index (χ3v) is 4.47. The minimum absolute atomic E-state index is 0.0845. The fourth-order valence-electron chi connectivity index (χ4n) is 3.38. The van der Waals surface area contributed by atoms with E-state index in [4.69, 9.17) is 0 Å². The van der Waals surface area contributed by atoms with Gasteiger partial charge in [0.05, 0.1) is 0 Å². The molecule has 2 N–H and O–H groups in total. The maximum absolute atomic E-state index is 13.8. The summed E-state index contributed by atoms with van der Waals surface area (Å²) < 4.78 is 13.8. The van der Waals surface area contributed by atoms with Gasteiger partial charge >= 0.3 is 0 Å². The average Bonchev–Trinajstić information content (AvgIpc) is 3.01. The van der Waals surface area contributed by atoms with Crippen molar-refractivity contribution in [3.63, 3.8) is 0 Å². The zero-order chi connectivity index (χ0) is 13.2. The van der Waals surface area contributed by atoms with E-state index in [1.165, 1.54) is 12.8 Å². The molecule has 3 atom stereocenters. The molecule has 2 saturated heterocycles. The Morgan fingerprint density at radius 2 is 2.21 bits per heavy atom. The number of benzene rings is 1. The summed E-state index contributed by atoms with van der Waals surface area (Å²) in [5.74, 6) is 0.546. The van der Waals surface area contributed by atoms with Gasteiger partial charge in [-0.25, -0.2) is 4.39 Å². The van der Waals surface area contributed by atoms with E-state index in [9.17, 15) is 4.39 Å². The van der Waals surface area contributed by atoms with Gasteiger partial charge in [0, 0.05) is 30.7 Å². The zero-order valence-corrected chi connectivity index (χ0v) is 11.4. The van der Waals surface area contributed by atoms with Crippen molar-refractivity contribution < 1.29 is 4.39 Å². The molecule has 0 spiro atoms. The van der Waals surface area contributed by atoms with Crippen LogP contribution in [0.15, 0.2) is 24.3 Å². The number of hydrogen-bond acceptors (Lipinski definition) is 3. The van der Waals surface area contributed by atoms with Crippen molar-refractivity contribution in [2.24, 2.45) is 5.92 Å². The molecule has 2 aliphatic heterocycles. The molecular weight excluding hydrogens is 241 g/mol. The smallest absolute Gasteiger partial charge is 0.127 e. The van der Waals surface area contributed by atoms with Gasteiger partial charge in [0.25, 0.3) is 0 Å². The van der Waals surface area contributed by atoms with Crippen LogP contribution in [0.5, 0.6) is 0 Å². The fourth-order valence-corrected chi connectivity index (χ4v) is 3.38. The number of likely N-dealkylation sites (tertiary alicyclic amines) is 1. The topological polar surface area (TPSA) is 27.3 Å². The van der Waals surface area contributed by atoms with Crippen LogP contribution < -0.4 is 10.9 Å². The highest BCUT2D eigenvalue weighted by molar-refractivity contribution is 5.17. The van der Waals surface area contributed by atoms with Crippen molar-refractivity contribution in [1.82, 2.24) is 15.8 Å². The predicted octanol–water partition coefficient (Wildman–Crippen LogP) is 1.90. The molecule has 3 rings (SSSR count). The lowest BCUT2D eigenvalue weighted by Crippen LogP contribution is -2.47. The van der Waals surface area contributed by atoms with Crippen molar-refractivity contribution >= 4 is 0 Å². The molecule has 19 heavy (non-hydrogen) atoms. The summed E-state index contributed by atoms with van der Waals surface area (Å²) in [4.78, 5) is 2.43. The van der Waals surface area contributed by atoms with Gasteiger partial charge in [0.1, 0.15) is 5.82 Å². The molecule has 0 aliphatic carbocycles. The molecule has 2 heterocycles. The van der Waals surface area contributed by atoms with E-state index in [1.807, 2.05) is 12.1 Å². The Hall–Kier alpha value is -0.970. The van der Waals surface area contributed by atoms with Crippen LogP contribution in [0.3, 0.4) is 0 Å². The second kappa shape index (κ2) is 5.57. The number of nitrogens with zero attached hydrogens (tertiary/aromatic N) is 1. The van der Waals surface area contributed by atoms with Gasteiger partial charge in [-0.05, 0) is 31.4 Å². The van der Waals surface area contributed by atoms with Gasteiger partial charge in [0.2, 0.25) is 0 Å². The number of hydrazine groups is 1. The van der Waals surface area contributed by atoms with Crippen LogP contribution >= 0.6 is 0 Å². The first-order valence-electron chi connectivity index (χ1n) is 7.21. The van der Waals surface area contributed by atoms with Crippen LogP contribution in [0, 0.1) is 11.7 Å². The normalized spacial score (nSPS) is 32.0. The summed E-state index contributed by atoms with van der Waals surface area (Å²) in [5.41, 5.74) is 7.45. The van der Waals surface area contributed by atoms with Crippen LogP contribution in [0.2, 0.25) is 0 Å². The quantitative estimate of drug-likeness (QED) is 0.872. The fraction of sp³-hybridized carbons (Fsp3) is 0.600. The summed E-state index contributed by atoms with van der Waals surface area (Å²) >= 11 is 0. The number of rotatable bonds is 3. The summed E-state index contributed by atoms with van der Waals surface area (Å²) in [6.07, 6.45) is 2.42. The first kappa shape index (κ1) is 13.0. The first-order chi connectivity index (χ1) is 9.25. The molecular formula is C15H22FN3. The van der Waals surface area contributed by atoms with Gasteiger partial charge in [-0.1, -0.05) is 25.1 Å². The molecule has 3 unspecified atom stereocenters. The van der Waals surface area contributed by atoms with Gasteiger partial charge in [-0.3, -0.25) is 15.8 Å². The van der Waals surface area contributed by atoms with Crippen LogP contribution in [-0.4, -0.2) is 30.1 Å². The molecule has 0 aromatic heterocycles. The van der Waals surface area contributed by atoms with Crippen LogP contribution in [0.4, 0.5) is 4.39 Å². The number of hydrogen-bond donors (Lipinski definition) is 2. The maximum Gasteiger partial charge on any atom is 0.127 e. The largest absolute Gasteiger partial charge is 0.294 e. The third-order valence-electron chi connectivity index (χ3n) is 4.47. The summed E-state index contributed by atoms with van der Waals surface area (Å²) in [7, 11) is 0. The molecule has 4 heteroatoms. The minimum Gasteiger partial charge on any atom is -0.294 e. The Kier molecular flexibility index (Phi) is 3.82. The standard InChI is InChI=1S/C15H22FN3/c1-11-9-17-18-15(11)14-7-4-8-19(14)10-12-5-2-3-6-13(12)16/h2-3,5-6,11,14-15,17-18H,4,7-10H2,1H3.